The zero-order chi connectivity index (χ0) is 23.7. The topological polar surface area (TPSA) is 134 Å². The van der Waals surface area contributed by atoms with Gasteiger partial charge in [-0.1, -0.05) is 19.1 Å². The van der Waals surface area contributed by atoms with Crippen LogP contribution in [0, 0.1) is 12.8 Å². The second-order valence-corrected chi connectivity index (χ2v) is 10.4. The molecule has 2 heterocycles. The number of anilines is 3. The molecule has 2 aromatic rings. The normalized spacial score (nSPS) is 21.1. The third-order valence-electron chi connectivity index (χ3n) is 5.84. The number of carbonyl (C=O) groups is 2. The number of nitrogens with zero attached hydrogens (tertiary/aromatic N) is 2. The van der Waals surface area contributed by atoms with E-state index in [4.69, 9.17) is 5.73 Å². The molecule has 10 heteroatoms. The highest BCUT2D eigenvalue weighted by molar-refractivity contribution is 7.92. The lowest BCUT2D eigenvalue weighted by Crippen LogP contribution is -2.55. The maximum atomic E-state index is 13.2. The van der Waals surface area contributed by atoms with Crippen molar-refractivity contribution in [2.75, 3.05) is 28.6 Å². The number of hydrogen-bond donors (Lipinski definition) is 3. The quantitative estimate of drug-likeness (QED) is 0.601. The van der Waals surface area contributed by atoms with Crippen molar-refractivity contribution in [1.29, 1.82) is 0 Å². The number of aryl methyl sites for hydroxylation is 1. The monoisotopic (exact) mass is 459 g/mol. The van der Waals surface area contributed by atoms with Crippen LogP contribution in [0.4, 0.5) is 17.2 Å². The van der Waals surface area contributed by atoms with E-state index in [1.54, 1.807) is 42.2 Å². The van der Waals surface area contributed by atoms with Crippen molar-refractivity contribution in [2.24, 2.45) is 5.92 Å². The van der Waals surface area contributed by atoms with E-state index >= 15 is 0 Å². The summed E-state index contributed by atoms with van der Waals surface area (Å²) in [5.74, 6) is -0.773. The van der Waals surface area contributed by atoms with Crippen molar-refractivity contribution in [3.63, 3.8) is 0 Å². The van der Waals surface area contributed by atoms with Crippen LogP contribution in [0.15, 0.2) is 36.5 Å². The van der Waals surface area contributed by atoms with Gasteiger partial charge in [0.05, 0.1) is 23.7 Å². The van der Waals surface area contributed by atoms with Crippen molar-refractivity contribution in [2.45, 2.75) is 39.2 Å². The number of nitrogens with two attached hydrogens (primary N) is 1. The molecule has 1 aliphatic rings. The first-order valence-electron chi connectivity index (χ1n) is 10.3. The molecule has 1 fully saturated rings. The number of sulfonamides is 1. The molecule has 0 aliphatic carbocycles. The van der Waals surface area contributed by atoms with Gasteiger partial charge in [-0.3, -0.25) is 14.3 Å². The number of likely N-dealkylation sites (tertiary alicyclic amines) is 1. The van der Waals surface area contributed by atoms with E-state index in [0.29, 0.717) is 35.7 Å². The first kappa shape index (κ1) is 23.5. The zero-order valence-electron chi connectivity index (χ0n) is 18.7. The van der Waals surface area contributed by atoms with Crippen LogP contribution in [-0.2, 0) is 25.2 Å². The van der Waals surface area contributed by atoms with Crippen LogP contribution in [0.25, 0.3) is 0 Å². The standard InChI is InChI=1S/C22H29N5O4S/c1-14-9-10-22(3,16-5-7-17(8-6-16)26-32(4,30)31)27(13-14)21(29)20(28)25-18-11-15(2)19(23)24-12-18/h5-8,11-12,14,26H,9-10,13H2,1-4H3,(H2,23,24)(H,25,28)/t14-,22-/m0/s1. The van der Waals surface area contributed by atoms with Gasteiger partial charge in [0, 0.05) is 12.2 Å². The molecule has 1 aliphatic heterocycles. The summed E-state index contributed by atoms with van der Waals surface area (Å²) >= 11 is 0. The maximum Gasteiger partial charge on any atom is 0.313 e. The average molecular weight is 460 g/mol. The summed E-state index contributed by atoms with van der Waals surface area (Å²) in [6.07, 6.45) is 4.07. The summed E-state index contributed by atoms with van der Waals surface area (Å²) in [5, 5.41) is 2.62. The third kappa shape index (κ3) is 5.18. The van der Waals surface area contributed by atoms with Crippen molar-refractivity contribution in [1.82, 2.24) is 9.88 Å². The van der Waals surface area contributed by atoms with E-state index in [0.717, 1.165) is 18.2 Å². The fraction of sp³-hybridized carbons (Fsp3) is 0.409. The van der Waals surface area contributed by atoms with Gasteiger partial charge in [0.15, 0.2) is 0 Å². The Bertz CT molecular complexity index is 1130. The van der Waals surface area contributed by atoms with Crippen molar-refractivity contribution >= 4 is 39.0 Å². The molecule has 1 aromatic heterocycles. The highest BCUT2D eigenvalue weighted by atomic mass is 32.2. The number of hydrogen-bond acceptors (Lipinski definition) is 6. The van der Waals surface area contributed by atoms with Gasteiger partial charge in [0.1, 0.15) is 5.82 Å². The number of amides is 2. The minimum absolute atomic E-state index is 0.242. The van der Waals surface area contributed by atoms with Crippen LogP contribution >= 0.6 is 0 Å². The molecule has 3 rings (SSSR count). The lowest BCUT2D eigenvalue weighted by Gasteiger charge is -2.47. The van der Waals surface area contributed by atoms with E-state index in [1.165, 1.54) is 6.20 Å². The molecule has 0 unspecified atom stereocenters. The minimum atomic E-state index is -3.39. The second-order valence-electron chi connectivity index (χ2n) is 8.67. The molecule has 1 aromatic carbocycles. The first-order chi connectivity index (χ1) is 14.9. The Kier molecular flexibility index (Phi) is 6.45. The van der Waals surface area contributed by atoms with Gasteiger partial charge in [-0.2, -0.15) is 0 Å². The summed E-state index contributed by atoms with van der Waals surface area (Å²) in [4.78, 5) is 31.6. The molecule has 0 spiro atoms. The Balaban J connectivity index is 1.85. The number of nitrogen functional groups attached to an aromatic ring is 1. The lowest BCUT2D eigenvalue weighted by molar-refractivity contribution is -0.150. The van der Waals surface area contributed by atoms with Crippen LogP contribution in [0.2, 0.25) is 0 Å². The molecular formula is C22H29N5O4S. The molecular weight excluding hydrogens is 430 g/mol. The van der Waals surface area contributed by atoms with Crippen LogP contribution < -0.4 is 15.8 Å². The lowest BCUT2D eigenvalue weighted by atomic mass is 9.79. The number of pyridine rings is 1. The van der Waals surface area contributed by atoms with Gasteiger partial charge in [-0.05, 0) is 61.9 Å². The highest BCUT2D eigenvalue weighted by Crippen LogP contribution is 2.39. The van der Waals surface area contributed by atoms with Gasteiger partial charge < -0.3 is 16.0 Å². The van der Waals surface area contributed by atoms with Gasteiger partial charge in [-0.25, -0.2) is 13.4 Å². The van der Waals surface area contributed by atoms with Crippen LogP contribution in [0.5, 0.6) is 0 Å². The van der Waals surface area contributed by atoms with Crippen LogP contribution in [-0.4, -0.2) is 42.9 Å². The number of benzene rings is 1. The molecule has 0 bridgehead atoms. The number of carbonyl (C=O) groups excluding carboxylic acids is 2. The molecule has 172 valence electrons. The largest absolute Gasteiger partial charge is 0.383 e. The summed E-state index contributed by atoms with van der Waals surface area (Å²) in [7, 11) is -3.39. The predicted octanol–water partition coefficient (Wildman–Crippen LogP) is 2.46. The molecule has 0 saturated carbocycles. The smallest absolute Gasteiger partial charge is 0.313 e. The second kappa shape index (κ2) is 8.78. The predicted molar refractivity (Wildman–Crippen MR) is 124 cm³/mol. The Morgan fingerprint density at radius 1 is 1.22 bits per heavy atom. The third-order valence-corrected chi connectivity index (χ3v) is 6.45. The number of aromatic nitrogens is 1. The fourth-order valence-corrected chi connectivity index (χ4v) is 4.51. The number of nitrogens with one attached hydrogen (secondary N) is 2. The van der Waals surface area contributed by atoms with E-state index in [2.05, 4.69) is 15.0 Å². The fourth-order valence-electron chi connectivity index (χ4n) is 3.95. The zero-order valence-corrected chi connectivity index (χ0v) is 19.5. The van der Waals surface area contributed by atoms with Gasteiger partial charge in [-0.15, -0.1) is 0 Å². The molecule has 4 N–H and O–H groups in total. The summed E-state index contributed by atoms with van der Waals surface area (Å²) in [6.45, 7) is 6.18. The highest BCUT2D eigenvalue weighted by Gasteiger charge is 2.43. The first-order valence-corrected chi connectivity index (χ1v) is 12.2. The van der Waals surface area contributed by atoms with Crippen molar-refractivity contribution in [3.05, 3.63) is 47.7 Å². The van der Waals surface area contributed by atoms with E-state index in [1.807, 2.05) is 13.8 Å². The van der Waals surface area contributed by atoms with Gasteiger partial charge in [0.2, 0.25) is 10.0 Å². The van der Waals surface area contributed by atoms with E-state index in [9.17, 15) is 18.0 Å². The summed E-state index contributed by atoms with van der Waals surface area (Å²) in [6, 6.07) is 8.55. The number of piperidine rings is 1. The number of rotatable bonds is 4. The summed E-state index contributed by atoms with van der Waals surface area (Å²) < 4.78 is 25.4. The Morgan fingerprint density at radius 2 is 1.88 bits per heavy atom. The van der Waals surface area contributed by atoms with Crippen molar-refractivity contribution < 1.29 is 18.0 Å². The molecule has 2 atom stereocenters. The van der Waals surface area contributed by atoms with Crippen molar-refractivity contribution in [3.8, 4) is 0 Å². The maximum absolute atomic E-state index is 13.2. The Labute approximate surface area is 188 Å². The van der Waals surface area contributed by atoms with Crippen LogP contribution in [0.1, 0.15) is 37.8 Å². The Morgan fingerprint density at radius 3 is 2.47 bits per heavy atom. The average Bonchev–Trinajstić information content (AvgIpc) is 2.71. The van der Waals surface area contributed by atoms with E-state index in [-0.39, 0.29) is 5.92 Å². The Hall–Kier alpha value is -3.14. The molecule has 0 radical (unpaired) electrons. The van der Waals surface area contributed by atoms with Gasteiger partial charge in [0.25, 0.3) is 0 Å². The molecule has 1 saturated heterocycles. The molecule has 9 nitrogen and oxygen atoms in total. The molecule has 32 heavy (non-hydrogen) atoms. The minimum Gasteiger partial charge on any atom is -0.383 e. The van der Waals surface area contributed by atoms with Gasteiger partial charge >= 0.3 is 11.8 Å². The van der Waals surface area contributed by atoms with E-state index < -0.39 is 27.4 Å². The molecule has 2 amide bonds. The SMILES string of the molecule is Cc1cc(NC(=O)C(=O)N2C[C@@H](C)CC[C@@]2(C)c2ccc(NS(C)(=O)=O)cc2)cnc1N. The van der Waals surface area contributed by atoms with Crippen LogP contribution in [0.3, 0.4) is 0 Å². The summed E-state index contributed by atoms with van der Waals surface area (Å²) in [5.41, 5.74) is 7.38.